The Balaban J connectivity index is 1.91. The van der Waals surface area contributed by atoms with Crippen molar-refractivity contribution in [3.63, 3.8) is 0 Å². The van der Waals surface area contributed by atoms with E-state index in [4.69, 9.17) is 11.6 Å². The van der Waals surface area contributed by atoms with Crippen LogP contribution in [0.1, 0.15) is 15.4 Å². The molecule has 0 aliphatic carbocycles. The van der Waals surface area contributed by atoms with E-state index >= 15 is 0 Å². The van der Waals surface area contributed by atoms with E-state index in [-0.39, 0.29) is 5.91 Å². The number of carbonyl (C=O) groups excluding carboxylic acids is 1. The monoisotopic (exact) mass is 383 g/mol. The van der Waals surface area contributed by atoms with Crippen molar-refractivity contribution in [2.75, 3.05) is 5.32 Å². The highest BCUT2D eigenvalue weighted by atomic mass is 79.9. The molecule has 0 aliphatic rings. The topological polar surface area (TPSA) is 46.9 Å². The molecule has 1 N–H and O–H groups in total. The molecule has 0 atom stereocenters. The number of aromatic nitrogens is 2. The minimum atomic E-state index is -0.167. The molecule has 2 aromatic heterocycles. The summed E-state index contributed by atoms with van der Waals surface area (Å²) in [6, 6.07) is 7.21. The molecule has 3 aromatic rings. The number of aryl methyl sites for hydroxylation is 2. The zero-order valence-corrected chi connectivity index (χ0v) is 14.4. The molecule has 108 valence electrons. The van der Waals surface area contributed by atoms with Gasteiger partial charge in [-0.15, -0.1) is 11.3 Å². The maximum Gasteiger partial charge on any atom is 0.265 e. The van der Waals surface area contributed by atoms with Crippen molar-refractivity contribution in [2.45, 2.75) is 6.92 Å². The second-order valence-electron chi connectivity index (χ2n) is 4.62. The van der Waals surface area contributed by atoms with Gasteiger partial charge >= 0.3 is 0 Å². The first-order valence-electron chi connectivity index (χ1n) is 6.15. The van der Waals surface area contributed by atoms with E-state index in [1.165, 1.54) is 11.3 Å². The first kappa shape index (κ1) is 14.6. The molecular weight excluding hydrogens is 374 g/mol. The maximum atomic E-state index is 12.3. The minimum Gasteiger partial charge on any atom is -0.320 e. The molecule has 0 saturated carbocycles. The standard InChI is InChI=1S/C14H11BrClN3OS/c1-7-9-6-12(21-14(9)19(2)18-7)13(20)17-11-4-3-8(15)5-10(11)16/h3-6H,1-2H3,(H,17,20). The quantitative estimate of drug-likeness (QED) is 0.701. The number of amides is 1. The van der Waals surface area contributed by atoms with Gasteiger partial charge in [0.1, 0.15) is 4.83 Å². The van der Waals surface area contributed by atoms with E-state index in [2.05, 4.69) is 26.3 Å². The zero-order chi connectivity index (χ0) is 15.1. The Morgan fingerprint density at radius 1 is 1.43 bits per heavy atom. The maximum absolute atomic E-state index is 12.3. The predicted octanol–water partition coefficient (Wildman–Crippen LogP) is 4.61. The van der Waals surface area contributed by atoms with Gasteiger partial charge in [0.2, 0.25) is 0 Å². The number of benzene rings is 1. The Morgan fingerprint density at radius 2 is 2.19 bits per heavy atom. The average molecular weight is 385 g/mol. The molecule has 4 nitrogen and oxygen atoms in total. The highest BCUT2D eigenvalue weighted by molar-refractivity contribution is 9.10. The Hall–Kier alpha value is -1.37. The molecule has 2 heterocycles. The number of hydrogen-bond acceptors (Lipinski definition) is 3. The minimum absolute atomic E-state index is 0.167. The summed E-state index contributed by atoms with van der Waals surface area (Å²) in [4.78, 5) is 14.0. The number of rotatable bonds is 2. The third-order valence-electron chi connectivity index (χ3n) is 3.10. The fourth-order valence-electron chi connectivity index (χ4n) is 2.09. The predicted molar refractivity (Wildman–Crippen MR) is 90.4 cm³/mol. The van der Waals surface area contributed by atoms with Gasteiger partial charge in [0.25, 0.3) is 5.91 Å². The van der Waals surface area contributed by atoms with Crippen molar-refractivity contribution in [1.29, 1.82) is 0 Å². The number of nitrogens with zero attached hydrogens (tertiary/aromatic N) is 2. The molecule has 0 radical (unpaired) electrons. The summed E-state index contributed by atoms with van der Waals surface area (Å²) >= 11 is 10.9. The van der Waals surface area contributed by atoms with E-state index in [9.17, 15) is 4.79 Å². The van der Waals surface area contributed by atoms with Crippen LogP contribution in [0.2, 0.25) is 5.02 Å². The van der Waals surface area contributed by atoms with Gasteiger partial charge in [0, 0.05) is 16.9 Å². The van der Waals surface area contributed by atoms with Crippen LogP contribution in [0.15, 0.2) is 28.7 Å². The lowest BCUT2D eigenvalue weighted by Gasteiger charge is -2.06. The van der Waals surface area contributed by atoms with Crippen molar-refractivity contribution in [1.82, 2.24) is 9.78 Å². The summed E-state index contributed by atoms with van der Waals surface area (Å²) < 4.78 is 2.66. The molecular formula is C14H11BrClN3OS. The molecule has 3 rings (SSSR count). The molecule has 21 heavy (non-hydrogen) atoms. The number of nitrogens with one attached hydrogen (secondary N) is 1. The van der Waals surface area contributed by atoms with E-state index in [1.54, 1.807) is 16.8 Å². The Bertz CT molecular complexity index is 821. The van der Waals surface area contributed by atoms with Crippen LogP contribution in [0, 0.1) is 6.92 Å². The van der Waals surface area contributed by atoms with Crippen LogP contribution in [0.25, 0.3) is 10.2 Å². The smallest absolute Gasteiger partial charge is 0.265 e. The molecule has 0 aliphatic heterocycles. The first-order chi connectivity index (χ1) is 9.95. The number of anilines is 1. The molecule has 0 bridgehead atoms. The van der Waals surface area contributed by atoms with E-state index in [1.807, 2.05) is 26.1 Å². The van der Waals surface area contributed by atoms with Gasteiger partial charge in [-0.3, -0.25) is 9.48 Å². The van der Waals surface area contributed by atoms with Gasteiger partial charge in [0.15, 0.2) is 0 Å². The average Bonchev–Trinajstić information content (AvgIpc) is 2.96. The summed E-state index contributed by atoms with van der Waals surface area (Å²) in [5.41, 5.74) is 1.52. The lowest BCUT2D eigenvalue weighted by atomic mass is 10.3. The number of thiophene rings is 1. The van der Waals surface area contributed by atoms with Crippen LogP contribution in [0.4, 0.5) is 5.69 Å². The van der Waals surface area contributed by atoms with Gasteiger partial charge in [0.05, 0.1) is 21.3 Å². The van der Waals surface area contributed by atoms with Gasteiger partial charge < -0.3 is 5.32 Å². The lowest BCUT2D eigenvalue weighted by Crippen LogP contribution is -2.10. The van der Waals surface area contributed by atoms with Crippen molar-refractivity contribution in [3.05, 3.63) is 44.3 Å². The molecule has 7 heteroatoms. The normalized spacial score (nSPS) is 11.0. The van der Waals surface area contributed by atoms with Gasteiger partial charge in [-0.2, -0.15) is 5.10 Å². The summed E-state index contributed by atoms with van der Waals surface area (Å²) in [6.45, 7) is 1.93. The summed E-state index contributed by atoms with van der Waals surface area (Å²) in [5, 5.41) is 8.67. The Kier molecular flexibility index (Phi) is 3.77. The summed E-state index contributed by atoms with van der Waals surface area (Å²) in [7, 11) is 1.87. The van der Waals surface area contributed by atoms with Crippen molar-refractivity contribution >= 4 is 60.7 Å². The summed E-state index contributed by atoms with van der Waals surface area (Å²) in [5.74, 6) is -0.167. The molecule has 1 amide bonds. The van der Waals surface area contributed by atoms with E-state index in [0.717, 1.165) is 20.4 Å². The second-order valence-corrected chi connectivity index (χ2v) is 6.97. The third-order valence-corrected chi connectivity index (χ3v) is 5.11. The van der Waals surface area contributed by atoms with Crippen molar-refractivity contribution in [2.24, 2.45) is 7.05 Å². The fraction of sp³-hybridized carbons (Fsp3) is 0.143. The molecule has 0 unspecified atom stereocenters. The number of fused-ring (bicyclic) bond motifs is 1. The number of carbonyl (C=O) groups is 1. The van der Waals surface area contributed by atoms with Gasteiger partial charge in [-0.25, -0.2) is 0 Å². The molecule has 0 spiro atoms. The van der Waals surface area contributed by atoms with Crippen LogP contribution < -0.4 is 5.32 Å². The molecule has 1 aromatic carbocycles. The lowest BCUT2D eigenvalue weighted by molar-refractivity contribution is 0.103. The van der Waals surface area contributed by atoms with E-state index < -0.39 is 0 Å². The number of hydrogen-bond donors (Lipinski definition) is 1. The second kappa shape index (κ2) is 5.44. The fourth-order valence-corrected chi connectivity index (χ4v) is 3.83. The van der Waals surface area contributed by atoms with Gasteiger partial charge in [-0.1, -0.05) is 27.5 Å². The van der Waals surface area contributed by atoms with Crippen molar-refractivity contribution in [3.8, 4) is 0 Å². The van der Waals surface area contributed by atoms with Gasteiger partial charge in [-0.05, 0) is 31.2 Å². The zero-order valence-electron chi connectivity index (χ0n) is 11.3. The van der Waals surface area contributed by atoms with Crippen LogP contribution >= 0.6 is 38.9 Å². The van der Waals surface area contributed by atoms with Crippen LogP contribution in [0.3, 0.4) is 0 Å². The number of halogens is 2. The highest BCUT2D eigenvalue weighted by Gasteiger charge is 2.16. The Labute approximate surface area is 138 Å². The SMILES string of the molecule is Cc1nn(C)c2sc(C(=O)Nc3ccc(Br)cc3Cl)cc12. The van der Waals surface area contributed by atoms with E-state index in [0.29, 0.717) is 15.6 Å². The highest BCUT2D eigenvalue weighted by Crippen LogP contribution is 2.30. The van der Waals surface area contributed by atoms with Crippen LogP contribution in [0.5, 0.6) is 0 Å². The molecule has 0 fully saturated rings. The summed E-state index contributed by atoms with van der Waals surface area (Å²) in [6.07, 6.45) is 0. The van der Waals surface area contributed by atoms with Crippen LogP contribution in [-0.2, 0) is 7.05 Å². The third kappa shape index (κ3) is 2.71. The van der Waals surface area contributed by atoms with Crippen molar-refractivity contribution < 1.29 is 4.79 Å². The Morgan fingerprint density at radius 3 is 2.86 bits per heavy atom. The van der Waals surface area contributed by atoms with Crippen LogP contribution in [-0.4, -0.2) is 15.7 Å². The molecule has 0 saturated heterocycles. The first-order valence-corrected chi connectivity index (χ1v) is 8.14. The largest absolute Gasteiger partial charge is 0.320 e.